The highest BCUT2D eigenvalue weighted by molar-refractivity contribution is 14.0. The molecule has 0 heterocycles. The van der Waals surface area contributed by atoms with Crippen molar-refractivity contribution in [1.29, 1.82) is 0 Å². The summed E-state index contributed by atoms with van der Waals surface area (Å²) in [7, 11) is 0. The van der Waals surface area contributed by atoms with Crippen molar-refractivity contribution < 1.29 is 0 Å². The summed E-state index contributed by atoms with van der Waals surface area (Å²) >= 11 is 3.45. The van der Waals surface area contributed by atoms with Crippen molar-refractivity contribution in [1.82, 2.24) is 10.6 Å². The number of benzene rings is 1. The SMILES string of the molecule is CCNC(=NCc1ccc(Br)cc1)NC1CCCC1.I. The summed E-state index contributed by atoms with van der Waals surface area (Å²) in [5.41, 5.74) is 1.23. The second-order valence-electron chi connectivity index (χ2n) is 4.95. The number of hydrogen-bond donors (Lipinski definition) is 2. The van der Waals surface area contributed by atoms with Crippen LogP contribution in [0.25, 0.3) is 0 Å². The van der Waals surface area contributed by atoms with Crippen molar-refractivity contribution in [3.05, 3.63) is 34.3 Å². The number of rotatable bonds is 4. The molecule has 2 rings (SSSR count). The molecule has 1 aromatic carbocycles. The van der Waals surface area contributed by atoms with E-state index >= 15 is 0 Å². The van der Waals surface area contributed by atoms with E-state index in [1.54, 1.807) is 0 Å². The third kappa shape index (κ3) is 5.99. The standard InChI is InChI=1S/C15H22BrN3.HI/c1-2-17-15(19-14-5-3-4-6-14)18-11-12-7-9-13(16)10-8-12;/h7-10,14H,2-6,11H2,1H3,(H2,17,18,19);1H. The fourth-order valence-electron chi connectivity index (χ4n) is 2.34. The number of hydrogen-bond acceptors (Lipinski definition) is 1. The van der Waals surface area contributed by atoms with E-state index in [-0.39, 0.29) is 24.0 Å². The van der Waals surface area contributed by atoms with Gasteiger partial charge in [0.25, 0.3) is 0 Å². The minimum Gasteiger partial charge on any atom is -0.357 e. The second-order valence-corrected chi connectivity index (χ2v) is 5.86. The van der Waals surface area contributed by atoms with Gasteiger partial charge in [-0.15, -0.1) is 24.0 Å². The van der Waals surface area contributed by atoms with Crippen LogP contribution in [0.15, 0.2) is 33.7 Å². The lowest BCUT2D eigenvalue weighted by Crippen LogP contribution is -2.42. The van der Waals surface area contributed by atoms with E-state index in [1.165, 1.54) is 31.2 Å². The first-order chi connectivity index (χ1) is 9.28. The van der Waals surface area contributed by atoms with E-state index in [4.69, 9.17) is 0 Å². The lowest BCUT2D eigenvalue weighted by atomic mass is 10.2. The predicted octanol–water partition coefficient (Wildman–Crippen LogP) is 4.06. The maximum atomic E-state index is 4.66. The number of guanidine groups is 1. The van der Waals surface area contributed by atoms with Crippen LogP contribution in [0.4, 0.5) is 0 Å². The Morgan fingerprint density at radius 2 is 1.90 bits per heavy atom. The summed E-state index contributed by atoms with van der Waals surface area (Å²) in [5, 5.41) is 6.85. The number of nitrogens with one attached hydrogen (secondary N) is 2. The van der Waals surface area contributed by atoms with Gasteiger partial charge in [0.2, 0.25) is 0 Å². The van der Waals surface area contributed by atoms with Gasteiger partial charge in [0.1, 0.15) is 0 Å². The predicted molar refractivity (Wildman–Crippen MR) is 99.8 cm³/mol. The summed E-state index contributed by atoms with van der Waals surface area (Å²) in [6.07, 6.45) is 5.21. The topological polar surface area (TPSA) is 36.4 Å². The zero-order chi connectivity index (χ0) is 13.5. The summed E-state index contributed by atoms with van der Waals surface area (Å²) in [4.78, 5) is 4.66. The van der Waals surface area contributed by atoms with Gasteiger partial charge in [-0.2, -0.15) is 0 Å². The lowest BCUT2D eigenvalue weighted by molar-refractivity contribution is 0.614. The van der Waals surface area contributed by atoms with Gasteiger partial charge in [-0.05, 0) is 37.5 Å². The molecule has 3 nitrogen and oxygen atoms in total. The van der Waals surface area contributed by atoms with Crippen molar-refractivity contribution >= 4 is 45.9 Å². The molecule has 1 aliphatic carbocycles. The largest absolute Gasteiger partial charge is 0.357 e. The summed E-state index contributed by atoms with van der Waals surface area (Å²) in [6, 6.07) is 8.92. The summed E-state index contributed by atoms with van der Waals surface area (Å²) in [5.74, 6) is 0.942. The molecule has 0 radical (unpaired) electrons. The number of nitrogens with zero attached hydrogens (tertiary/aromatic N) is 1. The Balaban J connectivity index is 0.00000200. The average Bonchev–Trinajstić information content (AvgIpc) is 2.91. The molecule has 0 amide bonds. The van der Waals surface area contributed by atoms with Gasteiger partial charge in [-0.25, -0.2) is 4.99 Å². The normalized spacial score (nSPS) is 15.8. The second kappa shape index (κ2) is 9.60. The monoisotopic (exact) mass is 451 g/mol. The van der Waals surface area contributed by atoms with Crippen molar-refractivity contribution in [2.45, 2.75) is 45.2 Å². The minimum atomic E-state index is 0. The zero-order valence-electron chi connectivity index (χ0n) is 11.9. The molecule has 0 spiro atoms. The van der Waals surface area contributed by atoms with Crippen LogP contribution in [0.1, 0.15) is 38.2 Å². The van der Waals surface area contributed by atoms with Gasteiger partial charge in [0.05, 0.1) is 6.54 Å². The average molecular weight is 452 g/mol. The Hall–Kier alpha value is -0.300. The smallest absolute Gasteiger partial charge is 0.191 e. The number of aliphatic imine (C=N–C) groups is 1. The molecule has 0 aromatic heterocycles. The molecule has 5 heteroatoms. The van der Waals surface area contributed by atoms with Crippen molar-refractivity contribution in [3.8, 4) is 0 Å². The first-order valence-corrected chi connectivity index (χ1v) is 7.86. The van der Waals surface area contributed by atoms with E-state index in [0.717, 1.165) is 23.5 Å². The zero-order valence-corrected chi connectivity index (χ0v) is 15.8. The molecule has 0 saturated heterocycles. The van der Waals surface area contributed by atoms with Crippen LogP contribution in [0.2, 0.25) is 0 Å². The fraction of sp³-hybridized carbons (Fsp3) is 0.533. The molecule has 2 N–H and O–H groups in total. The van der Waals surface area contributed by atoms with Crippen LogP contribution in [-0.4, -0.2) is 18.5 Å². The lowest BCUT2D eigenvalue weighted by Gasteiger charge is -2.16. The van der Waals surface area contributed by atoms with Crippen LogP contribution in [0, 0.1) is 0 Å². The van der Waals surface area contributed by atoms with Crippen molar-refractivity contribution in [2.75, 3.05) is 6.54 Å². The quantitative estimate of drug-likeness (QED) is 0.411. The molecule has 0 unspecified atom stereocenters. The molecule has 0 bridgehead atoms. The van der Waals surface area contributed by atoms with Crippen LogP contribution in [0.3, 0.4) is 0 Å². The van der Waals surface area contributed by atoms with E-state index in [2.05, 4.69) is 62.7 Å². The van der Waals surface area contributed by atoms with E-state index in [1.807, 2.05) is 0 Å². The Bertz CT molecular complexity index is 414. The van der Waals surface area contributed by atoms with Crippen LogP contribution in [0.5, 0.6) is 0 Å². The van der Waals surface area contributed by atoms with Gasteiger partial charge in [0, 0.05) is 17.1 Å². The van der Waals surface area contributed by atoms with Gasteiger partial charge in [-0.1, -0.05) is 40.9 Å². The molecular weight excluding hydrogens is 429 g/mol. The molecule has 20 heavy (non-hydrogen) atoms. The summed E-state index contributed by atoms with van der Waals surface area (Å²) < 4.78 is 1.11. The van der Waals surface area contributed by atoms with Crippen LogP contribution < -0.4 is 10.6 Å². The highest BCUT2D eigenvalue weighted by Crippen LogP contribution is 2.17. The molecule has 0 aliphatic heterocycles. The van der Waals surface area contributed by atoms with Crippen LogP contribution in [-0.2, 0) is 6.54 Å². The van der Waals surface area contributed by atoms with Gasteiger partial charge >= 0.3 is 0 Å². The fourth-order valence-corrected chi connectivity index (χ4v) is 2.61. The van der Waals surface area contributed by atoms with E-state index in [0.29, 0.717) is 6.04 Å². The minimum absolute atomic E-state index is 0. The number of halogens is 2. The Morgan fingerprint density at radius 1 is 1.25 bits per heavy atom. The Labute approximate surface area is 147 Å². The van der Waals surface area contributed by atoms with Gasteiger partial charge in [0.15, 0.2) is 5.96 Å². The molecule has 112 valence electrons. The van der Waals surface area contributed by atoms with Crippen molar-refractivity contribution in [3.63, 3.8) is 0 Å². The maximum Gasteiger partial charge on any atom is 0.191 e. The first kappa shape index (κ1) is 17.8. The highest BCUT2D eigenvalue weighted by atomic mass is 127. The third-order valence-corrected chi connectivity index (χ3v) is 3.90. The Morgan fingerprint density at radius 3 is 2.50 bits per heavy atom. The van der Waals surface area contributed by atoms with E-state index in [9.17, 15) is 0 Å². The molecular formula is C15H23BrIN3. The Kier molecular flexibility index (Phi) is 8.52. The molecule has 1 aliphatic rings. The summed E-state index contributed by atoms with van der Waals surface area (Å²) in [6.45, 7) is 3.72. The molecule has 1 aromatic rings. The molecule has 1 saturated carbocycles. The molecule has 1 fully saturated rings. The maximum absolute atomic E-state index is 4.66. The van der Waals surface area contributed by atoms with Crippen LogP contribution >= 0.6 is 39.9 Å². The highest BCUT2D eigenvalue weighted by Gasteiger charge is 2.15. The third-order valence-electron chi connectivity index (χ3n) is 3.37. The van der Waals surface area contributed by atoms with Gasteiger partial charge in [-0.3, -0.25) is 0 Å². The molecule has 0 atom stereocenters. The van der Waals surface area contributed by atoms with E-state index < -0.39 is 0 Å². The van der Waals surface area contributed by atoms with Gasteiger partial charge < -0.3 is 10.6 Å². The first-order valence-electron chi connectivity index (χ1n) is 7.07. The van der Waals surface area contributed by atoms with Crippen molar-refractivity contribution in [2.24, 2.45) is 4.99 Å².